The second kappa shape index (κ2) is 7.92. The Morgan fingerprint density at radius 2 is 2.14 bits per heavy atom. The molecule has 5 heteroatoms. The van der Waals surface area contributed by atoms with E-state index >= 15 is 0 Å². The third-order valence-corrected chi connectivity index (χ3v) is 4.44. The van der Waals surface area contributed by atoms with E-state index in [0.717, 1.165) is 13.0 Å². The molecule has 0 aliphatic carbocycles. The number of aromatic nitrogens is 2. The second-order valence-electron chi connectivity index (χ2n) is 6.47. The highest BCUT2D eigenvalue weighted by molar-refractivity contribution is 5.02. The van der Waals surface area contributed by atoms with Gasteiger partial charge >= 0.3 is 0 Å². The van der Waals surface area contributed by atoms with Crippen molar-refractivity contribution < 1.29 is 0 Å². The van der Waals surface area contributed by atoms with Gasteiger partial charge in [0.25, 0.3) is 0 Å². The van der Waals surface area contributed by atoms with Crippen molar-refractivity contribution in [3.8, 4) is 0 Å². The van der Waals surface area contributed by atoms with Crippen LogP contribution in [-0.4, -0.2) is 71.9 Å². The minimum atomic E-state index is 0.513. The lowest BCUT2D eigenvalue weighted by atomic mass is 9.99. The van der Waals surface area contributed by atoms with Gasteiger partial charge in [-0.3, -0.25) is 4.68 Å². The predicted octanol–water partition coefficient (Wildman–Crippen LogP) is 0.967. The summed E-state index contributed by atoms with van der Waals surface area (Å²) in [4.78, 5) is 4.96. The van der Waals surface area contributed by atoms with E-state index in [0.29, 0.717) is 12.1 Å². The zero-order chi connectivity index (χ0) is 15.2. The predicted molar refractivity (Wildman–Crippen MR) is 87.5 cm³/mol. The van der Waals surface area contributed by atoms with Crippen LogP contribution in [0.15, 0.2) is 12.3 Å². The topological polar surface area (TPSA) is 36.3 Å². The maximum absolute atomic E-state index is 4.54. The van der Waals surface area contributed by atoms with Crippen LogP contribution >= 0.6 is 0 Å². The standard InChI is InChI=1S/C16H31N5/c1-5-7-17-15(11-14-6-8-21(4)18-14)12-16-13-19(2)9-10-20(16)3/h6,8,15-17H,5,7,9-13H2,1-4H3. The Hall–Kier alpha value is -0.910. The molecule has 0 saturated carbocycles. The summed E-state index contributed by atoms with van der Waals surface area (Å²) < 4.78 is 1.90. The minimum absolute atomic E-state index is 0.513. The van der Waals surface area contributed by atoms with Crippen LogP contribution in [0.3, 0.4) is 0 Å². The van der Waals surface area contributed by atoms with Crippen LogP contribution in [0, 0.1) is 0 Å². The van der Waals surface area contributed by atoms with Gasteiger partial charge in [0.05, 0.1) is 5.69 Å². The molecule has 2 rings (SSSR count). The third-order valence-electron chi connectivity index (χ3n) is 4.44. The largest absolute Gasteiger partial charge is 0.314 e. The minimum Gasteiger partial charge on any atom is -0.314 e. The molecule has 120 valence electrons. The first-order valence-electron chi connectivity index (χ1n) is 8.19. The molecule has 1 aliphatic rings. The Balaban J connectivity index is 1.94. The Morgan fingerprint density at radius 3 is 2.81 bits per heavy atom. The number of nitrogens with zero attached hydrogens (tertiary/aromatic N) is 4. The molecule has 0 spiro atoms. The molecule has 2 heterocycles. The first-order chi connectivity index (χ1) is 10.1. The van der Waals surface area contributed by atoms with E-state index in [1.54, 1.807) is 0 Å². The molecule has 5 nitrogen and oxygen atoms in total. The third kappa shape index (κ3) is 5.09. The van der Waals surface area contributed by atoms with E-state index in [9.17, 15) is 0 Å². The molecule has 2 atom stereocenters. The molecule has 1 aliphatic heterocycles. The van der Waals surface area contributed by atoms with Crippen LogP contribution in [0.2, 0.25) is 0 Å². The van der Waals surface area contributed by atoms with Gasteiger partial charge in [0, 0.05) is 51.4 Å². The maximum atomic E-state index is 4.54. The molecule has 0 aromatic carbocycles. The lowest BCUT2D eigenvalue weighted by molar-refractivity contribution is 0.101. The summed E-state index contributed by atoms with van der Waals surface area (Å²) in [5, 5.41) is 8.25. The van der Waals surface area contributed by atoms with E-state index in [2.05, 4.69) is 47.3 Å². The number of hydrogen-bond acceptors (Lipinski definition) is 4. The van der Waals surface area contributed by atoms with Gasteiger partial charge in [0.2, 0.25) is 0 Å². The van der Waals surface area contributed by atoms with Gasteiger partial charge in [-0.1, -0.05) is 6.92 Å². The van der Waals surface area contributed by atoms with Crippen molar-refractivity contribution in [2.75, 3.05) is 40.3 Å². The summed E-state index contributed by atoms with van der Waals surface area (Å²) in [5.74, 6) is 0. The molecule has 1 fully saturated rings. The zero-order valence-electron chi connectivity index (χ0n) is 14.0. The van der Waals surface area contributed by atoms with Gasteiger partial charge in [0.1, 0.15) is 0 Å². The quantitative estimate of drug-likeness (QED) is 0.813. The zero-order valence-corrected chi connectivity index (χ0v) is 14.0. The molecule has 0 radical (unpaired) electrons. The molecule has 1 aromatic heterocycles. The van der Waals surface area contributed by atoms with E-state index in [-0.39, 0.29) is 0 Å². The lowest BCUT2D eigenvalue weighted by Gasteiger charge is -2.39. The van der Waals surface area contributed by atoms with E-state index < -0.39 is 0 Å². The van der Waals surface area contributed by atoms with Gasteiger partial charge < -0.3 is 15.1 Å². The number of nitrogens with one attached hydrogen (secondary N) is 1. The van der Waals surface area contributed by atoms with Crippen LogP contribution in [0.1, 0.15) is 25.5 Å². The fourth-order valence-corrected chi connectivity index (χ4v) is 3.10. The van der Waals surface area contributed by atoms with Crippen molar-refractivity contribution >= 4 is 0 Å². The van der Waals surface area contributed by atoms with Crippen molar-refractivity contribution in [3.63, 3.8) is 0 Å². The SMILES string of the molecule is CCCNC(Cc1ccn(C)n1)CC1CN(C)CCN1C. The lowest BCUT2D eigenvalue weighted by Crippen LogP contribution is -2.52. The number of aryl methyl sites for hydroxylation is 1. The van der Waals surface area contributed by atoms with Crippen LogP contribution in [-0.2, 0) is 13.5 Å². The number of piperazine rings is 1. The first kappa shape index (κ1) is 16.5. The molecule has 2 unspecified atom stereocenters. The molecule has 1 saturated heterocycles. The van der Waals surface area contributed by atoms with Crippen molar-refractivity contribution in [2.45, 2.75) is 38.3 Å². The highest BCUT2D eigenvalue weighted by Crippen LogP contribution is 2.14. The number of likely N-dealkylation sites (N-methyl/N-ethyl adjacent to an activating group) is 2. The van der Waals surface area contributed by atoms with Crippen molar-refractivity contribution in [2.24, 2.45) is 7.05 Å². The average molecular weight is 293 g/mol. The normalized spacial score (nSPS) is 22.6. The van der Waals surface area contributed by atoms with Crippen LogP contribution in [0.25, 0.3) is 0 Å². The summed E-state index contributed by atoms with van der Waals surface area (Å²) in [6.07, 6.45) is 5.43. The van der Waals surface area contributed by atoms with Crippen molar-refractivity contribution in [3.05, 3.63) is 18.0 Å². The van der Waals surface area contributed by atoms with Gasteiger partial charge in [-0.15, -0.1) is 0 Å². The second-order valence-corrected chi connectivity index (χ2v) is 6.47. The highest BCUT2D eigenvalue weighted by Gasteiger charge is 2.25. The van der Waals surface area contributed by atoms with E-state index in [1.165, 1.54) is 38.2 Å². The van der Waals surface area contributed by atoms with Crippen LogP contribution in [0.4, 0.5) is 0 Å². The van der Waals surface area contributed by atoms with Gasteiger partial charge in [-0.05, 0) is 39.5 Å². The Morgan fingerprint density at radius 1 is 1.33 bits per heavy atom. The smallest absolute Gasteiger partial charge is 0.0640 e. The summed E-state index contributed by atoms with van der Waals surface area (Å²) in [6.45, 7) is 6.84. The fraction of sp³-hybridized carbons (Fsp3) is 0.812. The summed E-state index contributed by atoms with van der Waals surface area (Å²) in [7, 11) is 6.48. The highest BCUT2D eigenvalue weighted by atomic mass is 15.3. The van der Waals surface area contributed by atoms with Gasteiger partial charge in [-0.25, -0.2) is 0 Å². The van der Waals surface area contributed by atoms with E-state index in [1.807, 2.05) is 17.9 Å². The van der Waals surface area contributed by atoms with Crippen LogP contribution in [0.5, 0.6) is 0 Å². The number of hydrogen-bond donors (Lipinski definition) is 1. The molecule has 1 aromatic rings. The fourth-order valence-electron chi connectivity index (χ4n) is 3.10. The molecule has 0 amide bonds. The van der Waals surface area contributed by atoms with Crippen molar-refractivity contribution in [1.82, 2.24) is 24.9 Å². The van der Waals surface area contributed by atoms with Crippen molar-refractivity contribution in [1.29, 1.82) is 0 Å². The molecular weight excluding hydrogens is 262 g/mol. The average Bonchev–Trinajstić information content (AvgIpc) is 2.85. The van der Waals surface area contributed by atoms with Gasteiger partial charge in [0.15, 0.2) is 0 Å². The molecular formula is C16H31N5. The number of rotatable bonds is 7. The Labute approximate surface area is 129 Å². The van der Waals surface area contributed by atoms with Crippen LogP contribution < -0.4 is 5.32 Å². The monoisotopic (exact) mass is 293 g/mol. The first-order valence-corrected chi connectivity index (χ1v) is 8.19. The van der Waals surface area contributed by atoms with Gasteiger partial charge in [-0.2, -0.15) is 5.10 Å². The van der Waals surface area contributed by atoms with E-state index in [4.69, 9.17) is 0 Å². The summed E-state index contributed by atoms with van der Waals surface area (Å²) in [5.41, 5.74) is 1.19. The Kier molecular flexibility index (Phi) is 6.21. The molecule has 21 heavy (non-hydrogen) atoms. The summed E-state index contributed by atoms with van der Waals surface area (Å²) >= 11 is 0. The molecule has 0 bridgehead atoms. The maximum Gasteiger partial charge on any atom is 0.0640 e. The Bertz CT molecular complexity index is 417. The molecule has 1 N–H and O–H groups in total. The summed E-state index contributed by atoms with van der Waals surface area (Å²) in [6, 6.07) is 3.29.